The van der Waals surface area contributed by atoms with E-state index in [4.69, 9.17) is 5.11 Å². The van der Waals surface area contributed by atoms with Crippen LogP contribution in [0.2, 0.25) is 0 Å². The first-order chi connectivity index (χ1) is 10.6. The quantitative estimate of drug-likeness (QED) is 0.825. The molecule has 0 radical (unpaired) electrons. The first-order valence-electron chi connectivity index (χ1n) is 7.19. The van der Waals surface area contributed by atoms with E-state index in [0.717, 1.165) is 6.42 Å². The number of carbonyl (C=O) groups is 2. The summed E-state index contributed by atoms with van der Waals surface area (Å²) in [4.78, 5) is 24.2. The second kappa shape index (κ2) is 7.75. The number of amides is 1. The molecule has 2 rings (SSSR count). The van der Waals surface area contributed by atoms with Gasteiger partial charge in [-0.3, -0.25) is 4.79 Å². The van der Waals surface area contributed by atoms with Crippen molar-refractivity contribution < 1.29 is 14.7 Å². The molecule has 0 aliphatic heterocycles. The lowest BCUT2D eigenvalue weighted by Gasteiger charge is -2.07. The Kier molecular flexibility index (Phi) is 5.72. The van der Waals surface area contributed by atoms with Gasteiger partial charge in [-0.2, -0.15) is 0 Å². The predicted octanol–water partition coefficient (Wildman–Crippen LogP) is 3.05. The summed E-state index contributed by atoms with van der Waals surface area (Å²) in [5.41, 5.74) is 2.22. The Balaban J connectivity index is 1.78. The van der Waals surface area contributed by atoms with Crippen LogP contribution in [0.1, 0.15) is 32.8 Å². The Labute approximate surface area is 133 Å². The van der Waals surface area contributed by atoms with E-state index in [1.165, 1.54) is 10.4 Å². The zero-order valence-corrected chi connectivity index (χ0v) is 13.3. The van der Waals surface area contributed by atoms with Crippen molar-refractivity contribution in [1.82, 2.24) is 5.32 Å². The number of carboxylic acids is 1. The number of benzene rings is 1. The normalized spacial score (nSPS) is 10.4. The first-order valence-corrected chi connectivity index (χ1v) is 8.06. The van der Waals surface area contributed by atoms with E-state index < -0.39 is 5.97 Å². The molecule has 2 N–H and O–H groups in total. The van der Waals surface area contributed by atoms with Gasteiger partial charge in [0, 0.05) is 17.8 Å². The molecule has 1 heterocycles. The fourth-order valence-electron chi connectivity index (χ4n) is 2.26. The second-order valence-corrected chi connectivity index (χ2v) is 6.09. The van der Waals surface area contributed by atoms with Crippen LogP contribution in [-0.2, 0) is 17.6 Å². The van der Waals surface area contributed by atoms with Gasteiger partial charge in [-0.05, 0) is 48.4 Å². The number of hydrogen-bond donors (Lipinski definition) is 2. The Morgan fingerprint density at radius 2 is 1.95 bits per heavy atom. The molecule has 0 saturated heterocycles. The first kappa shape index (κ1) is 16.2. The highest BCUT2D eigenvalue weighted by Gasteiger charge is 2.10. The van der Waals surface area contributed by atoms with Crippen molar-refractivity contribution in [3.63, 3.8) is 0 Å². The van der Waals surface area contributed by atoms with Crippen molar-refractivity contribution in [2.45, 2.75) is 26.2 Å². The number of carboxylic acid groups (broad SMARTS) is 1. The van der Waals surface area contributed by atoms with Gasteiger partial charge >= 0.3 is 5.97 Å². The molecule has 116 valence electrons. The third-order valence-electron chi connectivity index (χ3n) is 3.51. The molecule has 0 atom stereocenters. The van der Waals surface area contributed by atoms with Crippen molar-refractivity contribution in [3.8, 4) is 0 Å². The maximum atomic E-state index is 11.9. The van der Waals surface area contributed by atoms with Crippen LogP contribution in [0.25, 0.3) is 0 Å². The summed E-state index contributed by atoms with van der Waals surface area (Å²) >= 11 is 1.70. The minimum atomic E-state index is -0.954. The third kappa shape index (κ3) is 4.43. The van der Waals surface area contributed by atoms with Gasteiger partial charge in [-0.25, -0.2) is 4.79 Å². The van der Waals surface area contributed by atoms with Crippen molar-refractivity contribution in [2.75, 3.05) is 6.54 Å². The molecule has 0 spiro atoms. The molecule has 0 bridgehead atoms. The van der Waals surface area contributed by atoms with Crippen LogP contribution in [0.15, 0.2) is 35.7 Å². The standard InChI is InChI=1S/C17H19NO3S/c1-12-9-11-22-15(12)8-10-18-16(19)7-6-13-4-2-3-5-14(13)17(20)21/h2-5,9,11H,6-8,10H2,1H3,(H,18,19)(H,20,21). The van der Waals surface area contributed by atoms with Crippen LogP contribution in [0.5, 0.6) is 0 Å². The van der Waals surface area contributed by atoms with Crippen LogP contribution < -0.4 is 5.32 Å². The number of nitrogens with one attached hydrogen (secondary N) is 1. The monoisotopic (exact) mass is 317 g/mol. The average Bonchev–Trinajstić information content (AvgIpc) is 2.91. The summed E-state index contributed by atoms with van der Waals surface area (Å²) in [7, 11) is 0. The fraction of sp³-hybridized carbons (Fsp3) is 0.294. The van der Waals surface area contributed by atoms with Gasteiger partial charge < -0.3 is 10.4 Å². The van der Waals surface area contributed by atoms with Crippen molar-refractivity contribution >= 4 is 23.2 Å². The largest absolute Gasteiger partial charge is 0.478 e. The van der Waals surface area contributed by atoms with Crippen LogP contribution in [0.3, 0.4) is 0 Å². The molecule has 0 unspecified atom stereocenters. The van der Waals surface area contributed by atoms with Gasteiger partial charge in [0.05, 0.1) is 5.56 Å². The minimum Gasteiger partial charge on any atom is -0.478 e. The van der Waals surface area contributed by atoms with Gasteiger partial charge in [-0.1, -0.05) is 18.2 Å². The predicted molar refractivity (Wildman–Crippen MR) is 87.5 cm³/mol. The SMILES string of the molecule is Cc1ccsc1CCNC(=O)CCc1ccccc1C(=O)O. The van der Waals surface area contributed by atoms with Gasteiger partial charge in [0.15, 0.2) is 0 Å². The Morgan fingerprint density at radius 3 is 2.64 bits per heavy atom. The zero-order chi connectivity index (χ0) is 15.9. The summed E-state index contributed by atoms with van der Waals surface area (Å²) in [5.74, 6) is -1.00. The number of rotatable bonds is 7. The number of thiophene rings is 1. The minimum absolute atomic E-state index is 0.0469. The molecule has 1 amide bonds. The van der Waals surface area contributed by atoms with Crippen LogP contribution in [0.4, 0.5) is 0 Å². The van der Waals surface area contributed by atoms with Gasteiger partial charge in [-0.15, -0.1) is 11.3 Å². The highest BCUT2D eigenvalue weighted by Crippen LogP contribution is 2.15. The van der Waals surface area contributed by atoms with Gasteiger partial charge in [0.1, 0.15) is 0 Å². The molecule has 1 aromatic heterocycles. The fourth-order valence-corrected chi connectivity index (χ4v) is 3.17. The second-order valence-electron chi connectivity index (χ2n) is 5.09. The molecule has 1 aromatic carbocycles. The third-order valence-corrected chi connectivity index (χ3v) is 4.59. The van der Waals surface area contributed by atoms with Crippen LogP contribution in [0, 0.1) is 6.92 Å². The number of carbonyl (C=O) groups excluding carboxylic acids is 1. The molecule has 0 aliphatic carbocycles. The molecule has 4 nitrogen and oxygen atoms in total. The molecular weight excluding hydrogens is 298 g/mol. The highest BCUT2D eigenvalue weighted by molar-refractivity contribution is 7.10. The Morgan fingerprint density at radius 1 is 1.18 bits per heavy atom. The topological polar surface area (TPSA) is 66.4 Å². The molecule has 0 aliphatic rings. The molecule has 0 fully saturated rings. The maximum absolute atomic E-state index is 11.9. The average molecular weight is 317 g/mol. The van der Waals surface area contributed by atoms with Crippen LogP contribution in [-0.4, -0.2) is 23.5 Å². The van der Waals surface area contributed by atoms with Crippen LogP contribution >= 0.6 is 11.3 Å². The Bertz CT molecular complexity index is 663. The molecule has 2 aromatic rings. The summed E-state index contributed by atoms with van der Waals surface area (Å²) in [6.07, 6.45) is 1.57. The summed E-state index contributed by atoms with van der Waals surface area (Å²) in [5, 5.41) is 14.0. The summed E-state index contributed by atoms with van der Waals surface area (Å²) < 4.78 is 0. The van der Waals surface area contributed by atoms with E-state index in [1.54, 1.807) is 35.6 Å². The van der Waals surface area contributed by atoms with E-state index in [1.807, 2.05) is 0 Å². The smallest absolute Gasteiger partial charge is 0.335 e. The van der Waals surface area contributed by atoms with Crippen molar-refractivity contribution in [2.24, 2.45) is 0 Å². The lowest BCUT2D eigenvalue weighted by molar-refractivity contribution is -0.121. The van der Waals surface area contributed by atoms with Crippen molar-refractivity contribution in [1.29, 1.82) is 0 Å². The van der Waals surface area contributed by atoms with Gasteiger partial charge in [0.25, 0.3) is 0 Å². The summed E-state index contributed by atoms with van der Waals surface area (Å²) in [6, 6.07) is 8.88. The van der Waals surface area contributed by atoms with E-state index in [-0.39, 0.29) is 11.5 Å². The number of aromatic carboxylic acids is 1. The zero-order valence-electron chi connectivity index (χ0n) is 12.5. The highest BCUT2D eigenvalue weighted by atomic mass is 32.1. The Hall–Kier alpha value is -2.14. The molecule has 5 heteroatoms. The number of hydrogen-bond acceptors (Lipinski definition) is 3. The maximum Gasteiger partial charge on any atom is 0.335 e. The van der Waals surface area contributed by atoms with E-state index >= 15 is 0 Å². The van der Waals surface area contributed by atoms with Crippen molar-refractivity contribution in [3.05, 3.63) is 57.3 Å². The number of aryl methyl sites for hydroxylation is 2. The summed E-state index contributed by atoms with van der Waals surface area (Å²) in [6.45, 7) is 2.68. The lowest BCUT2D eigenvalue weighted by Crippen LogP contribution is -2.26. The van der Waals surface area contributed by atoms with E-state index in [0.29, 0.717) is 24.9 Å². The van der Waals surface area contributed by atoms with Gasteiger partial charge in [0.2, 0.25) is 5.91 Å². The molecule has 22 heavy (non-hydrogen) atoms. The molecule has 0 saturated carbocycles. The lowest BCUT2D eigenvalue weighted by atomic mass is 10.0. The molecular formula is C17H19NO3S. The van der Waals surface area contributed by atoms with E-state index in [9.17, 15) is 9.59 Å². The van der Waals surface area contributed by atoms with E-state index in [2.05, 4.69) is 23.7 Å².